The number of fused-ring (bicyclic) bond motifs is 10. The van der Waals surface area contributed by atoms with E-state index in [1.807, 2.05) is 114 Å². The van der Waals surface area contributed by atoms with Gasteiger partial charge in [-0.1, -0.05) is 82.2 Å². The number of rotatable bonds is 7. The molecule has 0 aliphatic carbocycles. The average molecular weight is 1210 g/mol. The summed E-state index contributed by atoms with van der Waals surface area (Å²) in [6.07, 6.45) is 5.46. The number of hydrogen-bond acceptors (Lipinski definition) is 6. The first-order valence-electron chi connectivity index (χ1n) is 20.9. The fourth-order valence-corrected chi connectivity index (χ4v) is 8.95. The largest absolute Gasteiger partial charge is 2.00 e. The Hall–Kier alpha value is -7.44. The van der Waals surface area contributed by atoms with Gasteiger partial charge in [0.1, 0.15) is 11.6 Å². The van der Waals surface area contributed by atoms with Crippen molar-refractivity contribution < 1.29 is 51.6 Å². The van der Waals surface area contributed by atoms with Crippen LogP contribution in [-0.2, 0) is 42.1 Å². The molecule has 318 valence electrons. The average Bonchev–Trinajstić information content (AvgIpc) is 3.96. The van der Waals surface area contributed by atoms with Crippen LogP contribution in [0.5, 0.6) is 23.0 Å². The minimum Gasteiger partial charge on any atom is -0.509 e. The number of hydrogen-bond donors (Lipinski definition) is 0. The second-order valence-electron chi connectivity index (χ2n) is 15.7. The molecule has 0 fully saturated rings. The third-order valence-corrected chi connectivity index (χ3v) is 11.8. The van der Waals surface area contributed by atoms with Gasteiger partial charge < -0.3 is 23.2 Å². The van der Waals surface area contributed by atoms with Gasteiger partial charge in [0.25, 0.3) is 0 Å². The van der Waals surface area contributed by atoms with E-state index in [9.17, 15) is 0 Å². The van der Waals surface area contributed by atoms with E-state index in [0.717, 1.165) is 93.5 Å². The molecule has 9 nitrogen and oxygen atoms in total. The molecule has 0 saturated carbocycles. The molecule has 0 spiro atoms. The van der Waals surface area contributed by atoms with E-state index in [2.05, 4.69) is 98.8 Å². The number of para-hydroxylation sites is 2. The number of aromatic nitrogens is 7. The van der Waals surface area contributed by atoms with Crippen molar-refractivity contribution in [1.29, 1.82) is 0 Å². The molecule has 13 rings (SSSR count). The van der Waals surface area contributed by atoms with E-state index < -0.39 is 0 Å². The molecule has 0 N–H and O–H groups in total. The van der Waals surface area contributed by atoms with Gasteiger partial charge in [-0.05, 0) is 66.2 Å². The van der Waals surface area contributed by atoms with Gasteiger partial charge in [0.15, 0.2) is 0 Å². The normalized spacial score (nSPS) is 11.5. The summed E-state index contributed by atoms with van der Waals surface area (Å²) in [7, 11) is 0. The fourth-order valence-electron chi connectivity index (χ4n) is 8.95. The first kappa shape index (κ1) is 41.3. The van der Waals surface area contributed by atoms with E-state index in [4.69, 9.17) is 19.4 Å². The standard InChI is InChI=1S/C55H31N7O2.2Pt/c1-34-16-25-46-35(28-34)33-58-55(59-46)62-51-31-38(63-36-17-21-42-40-10-2-4-12-47(40)60(49(42)29-36)53-14-6-8-26-56-53)19-23-44(51)45-24-20-39(32-52(45)62)64-37-18-22-43-41-11-3-5-13-48(41)61(50(43)30-37)54-15-7-9-27-57-54;;/h2-28,33H,1H3;;/q-4;2*+2. The van der Waals surface area contributed by atoms with Crippen LogP contribution in [0.15, 0.2) is 170 Å². The van der Waals surface area contributed by atoms with Crippen molar-refractivity contribution in [3.05, 3.63) is 200 Å². The summed E-state index contributed by atoms with van der Waals surface area (Å²) >= 11 is 0. The van der Waals surface area contributed by atoms with Gasteiger partial charge in [0, 0.05) is 58.0 Å². The second-order valence-corrected chi connectivity index (χ2v) is 15.7. The van der Waals surface area contributed by atoms with Crippen LogP contribution in [0, 0.1) is 31.2 Å². The van der Waals surface area contributed by atoms with E-state index in [1.54, 1.807) is 12.4 Å². The number of nitrogens with zero attached hydrogens (tertiary/aromatic N) is 7. The summed E-state index contributed by atoms with van der Waals surface area (Å²) in [4.78, 5) is 19.3. The zero-order valence-electron chi connectivity index (χ0n) is 34.7. The third-order valence-electron chi connectivity index (χ3n) is 11.8. The SMILES string of the molecule is Cc1ccc2nc(-n3c4[c-]c(Oc5[c-]c6c(cc5)c5ccccc5n6-c5ccccn5)ccc4c4ccc(Oc5[c-]c6c(cc5)c5ccccc5n6-c5ccccn5)[c-]c43)ncc2c1.[Pt+2].[Pt+2]. The Bertz CT molecular complexity index is 3780. The van der Waals surface area contributed by atoms with Crippen LogP contribution in [-0.4, -0.2) is 33.6 Å². The van der Waals surface area contributed by atoms with Gasteiger partial charge in [-0.15, -0.1) is 59.3 Å². The Morgan fingerprint density at radius 1 is 0.424 bits per heavy atom. The quantitative estimate of drug-likeness (QED) is 0.148. The van der Waals surface area contributed by atoms with Gasteiger partial charge in [-0.3, -0.25) is 0 Å². The molecule has 0 amide bonds. The van der Waals surface area contributed by atoms with Crippen molar-refractivity contribution in [3.8, 4) is 40.6 Å². The van der Waals surface area contributed by atoms with Crippen LogP contribution in [0.2, 0.25) is 0 Å². The second kappa shape index (κ2) is 16.5. The topological polar surface area (TPSA) is 84.8 Å². The van der Waals surface area contributed by atoms with Crippen molar-refractivity contribution in [1.82, 2.24) is 33.6 Å². The van der Waals surface area contributed by atoms with Gasteiger partial charge in [-0.25, -0.2) is 19.9 Å². The predicted molar refractivity (Wildman–Crippen MR) is 251 cm³/mol. The van der Waals surface area contributed by atoms with Crippen LogP contribution in [0.4, 0.5) is 0 Å². The summed E-state index contributed by atoms with van der Waals surface area (Å²) in [5.41, 5.74) is 7.22. The maximum Gasteiger partial charge on any atom is 2.00 e. The molecule has 0 bridgehead atoms. The van der Waals surface area contributed by atoms with Crippen LogP contribution in [0.1, 0.15) is 5.56 Å². The van der Waals surface area contributed by atoms with Crippen molar-refractivity contribution in [2.45, 2.75) is 6.92 Å². The predicted octanol–water partition coefficient (Wildman–Crippen LogP) is 12.8. The summed E-state index contributed by atoms with van der Waals surface area (Å²) in [6.45, 7) is 2.06. The Morgan fingerprint density at radius 2 is 0.864 bits per heavy atom. The Morgan fingerprint density at radius 3 is 1.33 bits per heavy atom. The molecule has 11 heteroatoms. The van der Waals surface area contributed by atoms with E-state index in [1.165, 1.54) is 0 Å². The Balaban J connectivity index is 0.00000241. The summed E-state index contributed by atoms with van der Waals surface area (Å²) in [5.74, 6) is 4.17. The number of ether oxygens (including phenoxy) is 2. The minimum absolute atomic E-state index is 0. The number of benzene rings is 7. The fraction of sp³-hybridized carbons (Fsp3) is 0.0182. The number of pyridine rings is 2. The first-order chi connectivity index (χ1) is 31.6. The summed E-state index contributed by atoms with van der Waals surface area (Å²) < 4.78 is 19.4. The van der Waals surface area contributed by atoms with Crippen molar-refractivity contribution in [3.63, 3.8) is 0 Å². The molecule has 0 atom stereocenters. The summed E-state index contributed by atoms with van der Waals surface area (Å²) in [5, 5.41) is 7.14. The van der Waals surface area contributed by atoms with Crippen molar-refractivity contribution in [2.75, 3.05) is 0 Å². The smallest absolute Gasteiger partial charge is 0.509 e. The molecule has 7 aromatic carbocycles. The monoisotopic (exact) mass is 1210 g/mol. The molecule has 0 aliphatic heterocycles. The van der Waals surface area contributed by atoms with Gasteiger partial charge in [-0.2, -0.15) is 35.0 Å². The summed E-state index contributed by atoms with van der Waals surface area (Å²) in [6, 6.07) is 64.8. The van der Waals surface area contributed by atoms with E-state index in [-0.39, 0.29) is 42.1 Å². The zero-order valence-corrected chi connectivity index (χ0v) is 39.3. The molecule has 6 aromatic heterocycles. The van der Waals surface area contributed by atoms with Crippen LogP contribution in [0.3, 0.4) is 0 Å². The molecule has 0 aliphatic rings. The van der Waals surface area contributed by atoms with E-state index >= 15 is 0 Å². The van der Waals surface area contributed by atoms with E-state index in [0.29, 0.717) is 28.9 Å². The molecule has 66 heavy (non-hydrogen) atoms. The van der Waals surface area contributed by atoms with Crippen LogP contribution < -0.4 is 9.47 Å². The number of aryl methyl sites for hydroxylation is 1. The maximum atomic E-state index is 6.61. The van der Waals surface area contributed by atoms with Crippen molar-refractivity contribution >= 4 is 76.3 Å². The van der Waals surface area contributed by atoms with Gasteiger partial charge >= 0.3 is 42.1 Å². The molecule has 13 aromatic rings. The zero-order chi connectivity index (χ0) is 42.3. The molecule has 0 saturated heterocycles. The molecule has 6 heterocycles. The first-order valence-corrected chi connectivity index (χ1v) is 20.9. The van der Waals surface area contributed by atoms with Crippen LogP contribution in [0.25, 0.3) is 93.9 Å². The van der Waals surface area contributed by atoms with Crippen molar-refractivity contribution in [2.24, 2.45) is 0 Å². The molecule has 0 unspecified atom stereocenters. The minimum atomic E-state index is 0. The Labute approximate surface area is 406 Å². The Kier molecular flexibility index (Phi) is 10.3. The van der Waals surface area contributed by atoms with Gasteiger partial charge in [0.2, 0.25) is 5.95 Å². The third kappa shape index (κ3) is 6.77. The molecule has 0 radical (unpaired) electrons. The molecular formula is C55H31N7O2Pt2. The molecular weight excluding hydrogens is 1180 g/mol. The maximum absolute atomic E-state index is 6.61. The van der Waals surface area contributed by atoms with Gasteiger partial charge in [0.05, 0.1) is 5.52 Å². The van der Waals surface area contributed by atoms with Crippen LogP contribution >= 0.6 is 0 Å².